The summed E-state index contributed by atoms with van der Waals surface area (Å²) in [5, 5.41) is 12.5. The van der Waals surface area contributed by atoms with Gasteiger partial charge in [-0.15, -0.1) is 0 Å². The number of carbonyl (C=O) groups excluding carboxylic acids is 1. The molecule has 4 rings (SSSR count). The Morgan fingerprint density at radius 1 is 1.13 bits per heavy atom. The number of amides is 1. The molecule has 31 heavy (non-hydrogen) atoms. The predicted octanol–water partition coefficient (Wildman–Crippen LogP) is 3.37. The molecule has 1 aliphatic heterocycles. The van der Waals surface area contributed by atoms with Crippen LogP contribution in [-0.4, -0.2) is 51.9 Å². The summed E-state index contributed by atoms with van der Waals surface area (Å²) in [6, 6.07) is 12.2. The summed E-state index contributed by atoms with van der Waals surface area (Å²) in [6.45, 7) is 8.64. The third-order valence-electron chi connectivity index (χ3n) is 5.67. The molecule has 2 aromatic heterocycles. The van der Waals surface area contributed by atoms with Gasteiger partial charge in [-0.25, -0.2) is 9.97 Å². The van der Waals surface area contributed by atoms with Gasteiger partial charge >= 0.3 is 0 Å². The number of piperazine rings is 1. The molecule has 0 atom stereocenters. The van der Waals surface area contributed by atoms with Crippen LogP contribution in [0.1, 0.15) is 23.9 Å². The van der Waals surface area contributed by atoms with Crippen molar-refractivity contribution < 1.29 is 4.79 Å². The summed E-state index contributed by atoms with van der Waals surface area (Å²) < 4.78 is 0. The first kappa shape index (κ1) is 20.4. The van der Waals surface area contributed by atoms with Gasteiger partial charge in [-0.2, -0.15) is 5.26 Å². The molecule has 0 spiro atoms. The minimum atomic E-state index is 0.135. The lowest BCUT2D eigenvalue weighted by Crippen LogP contribution is -2.48. The number of hydrogen-bond donors (Lipinski definition) is 2. The molecule has 1 saturated heterocycles. The number of anilines is 3. The van der Waals surface area contributed by atoms with Crippen molar-refractivity contribution in [2.45, 2.75) is 20.8 Å². The van der Waals surface area contributed by atoms with Gasteiger partial charge in [-0.3, -0.25) is 4.79 Å². The molecule has 1 aromatic carbocycles. The largest absolute Gasteiger partial charge is 0.368 e. The highest BCUT2D eigenvalue weighted by Crippen LogP contribution is 2.29. The lowest BCUT2D eigenvalue weighted by Gasteiger charge is -2.35. The Bertz CT molecular complexity index is 1140. The molecule has 0 aliphatic carbocycles. The van der Waals surface area contributed by atoms with Gasteiger partial charge in [0, 0.05) is 61.9 Å². The van der Waals surface area contributed by atoms with Crippen molar-refractivity contribution in [3.05, 3.63) is 53.5 Å². The van der Waals surface area contributed by atoms with Gasteiger partial charge in [0.25, 0.3) is 0 Å². The van der Waals surface area contributed by atoms with Crippen LogP contribution in [-0.2, 0) is 4.79 Å². The molecule has 8 nitrogen and oxygen atoms in total. The van der Waals surface area contributed by atoms with Crippen LogP contribution in [0.25, 0.3) is 11.3 Å². The van der Waals surface area contributed by atoms with E-state index in [0.717, 1.165) is 60.1 Å². The standard InChI is InChI=1S/C23H25N7O/c1-15-21(14-24)26-16(2)22(15)20-8-9-25-23(28-20)27-18-4-6-19(7-5-18)30-12-10-29(11-13-30)17(3)31/h4-9,26H,10-13H2,1-3H3,(H,25,27,28). The lowest BCUT2D eigenvalue weighted by molar-refractivity contribution is -0.129. The predicted molar refractivity (Wildman–Crippen MR) is 120 cm³/mol. The van der Waals surface area contributed by atoms with Gasteiger partial charge < -0.3 is 20.1 Å². The Balaban J connectivity index is 1.47. The minimum Gasteiger partial charge on any atom is -0.368 e. The van der Waals surface area contributed by atoms with Crippen LogP contribution >= 0.6 is 0 Å². The second-order valence-electron chi connectivity index (χ2n) is 7.67. The summed E-state index contributed by atoms with van der Waals surface area (Å²) in [5.41, 5.74) is 6.08. The Morgan fingerprint density at radius 3 is 2.45 bits per heavy atom. The van der Waals surface area contributed by atoms with E-state index in [1.165, 1.54) is 0 Å². The van der Waals surface area contributed by atoms with Gasteiger partial charge in [0.05, 0.1) is 5.69 Å². The number of rotatable bonds is 4. The maximum Gasteiger partial charge on any atom is 0.227 e. The van der Waals surface area contributed by atoms with E-state index in [1.54, 1.807) is 13.1 Å². The Morgan fingerprint density at radius 2 is 1.84 bits per heavy atom. The van der Waals surface area contributed by atoms with E-state index in [2.05, 4.69) is 43.4 Å². The van der Waals surface area contributed by atoms with Crippen molar-refractivity contribution in [3.8, 4) is 17.3 Å². The Kier molecular flexibility index (Phi) is 5.58. The molecule has 3 heterocycles. The minimum absolute atomic E-state index is 0.135. The molecule has 0 saturated carbocycles. The van der Waals surface area contributed by atoms with Crippen LogP contribution in [0.3, 0.4) is 0 Å². The summed E-state index contributed by atoms with van der Waals surface area (Å²) in [4.78, 5) is 27.8. The number of nitriles is 1. The zero-order valence-electron chi connectivity index (χ0n) is 17.9. The molecular formula is C23H25N7O. The monoisotopic (exact) mass is 415 g/mol. The second kappa shape index (κ2) is 8.48. The number of carbonyl (C=O) groups is 1. The average Bonchev–Trinajstić information content (AvgIpc) is 3.07. The van der Waals surface area contributed by atoms with Crippen molar-refractivity contribution >= 4 is 23.2 Å². The fourth-order valence-electron chi connectivity index (χ4n) is 3.97. The van der Waals surface area contributed by atoms with Crippen LogP contribution in [0.4, 0.5) is 17.3 Å². The number of nitrogens with one attached hydrogen (secondary N) is 2. The van der Waals surface area contributed by atoms with Crippen LogP contribution in [0.15, 0.2) is 36.5 Å². The zero-order chi connectivity index (χ0) is 22.0. The van der Waals surface area contributed by atoms with E-state index in [0.29, 0.717) is 11.6 Å². The molecule has 0 bridgehead atoms. The summed E-state index contributed by atoms with van der Waals surface area (Å²) in [5.74, 6) is 0.633. The molecule has 2 N–H and O–H groups in total. The van der Waals surface area contributed by atoms with Crippen LogP contribution in [0.2, 0.25) is 0 Å². The summed E-state index contributed by atoms with van der Waals surface area (Å²) in [7, 11) is 0. The van der Waals surface area contributed by atoms with E-state index in [4.69, 9.17) is 0 Å². The number of aromatic nitrogens is 3. The van der Waals surface area contributed by atoms with E-state index in [9.17, 15) is 10.1 Å². The number of hydrogen-bond acceptors (Lipinski definition) is 6. The van der Waals surface area contributed by atoms with Gasteiger partial charge in [0.2, 0.25) is 11.9 Å². The van der Waals surface area contributed by atoms with Gasteiger partial charge in [-0.05, 0) is 49.7 Å². The third kappa shape index (κ3) is 4.21. The third-order valence-corrected chi connectivity index (χ3v) is 5.67. The maximum atomic E-state index is 11.5. The topological polar surface area (TPSA) is 101 Å². The first-order valence-electron chi connectivity index (χ1n) is 10.3. The molecular weight excluding hydrogens is 390 g/mol. The van der Waals surface area contributed by atoms with E-state index in [1.807, 2.05) is 36.9 Å². The average molecular weight is 416 g/mol. The molecule has 0 radical (unpaired) electrons. The number of aryl methyl sites for hydroxylation is 1. The summed E-state index contributed by atoms with van der Waals surface area (Å²) >= 11 is 0. The van der Waals surface area contributed by atoms with E-state index >= 15 is 0 Å². The van der Waals surface area contributed by atoms with Crippen LogP contribution in [0, 0.1) is 25.2 Å². The van der Waals surface area contributed by atoms with Crippen molar-refractivity contribution in [2.75, 3.05) is 36.4 Å². The number of benzene rings is 1. The van der Waals surface area contributed by atoms with Gasteiger partial charge in [-0.1, -0.05) is 0 Å². The van der Waals surface area contributed by atoms with Crippen molar-refractivity contribution in [1.29, 1.82) is 5.26 Å². The second-order valence-corrected chi connectivity index (χ2v) is 7.67. The Labute approximate surface area is 181 Å². The molecule has 1 aliphatic rings. The van der Waals surface area contributed by atoms with Gasteiger partial charge in [0.15, 0.2) is 0 Å². The molecule has 3 aromatic rings. The van der Waals surface area contributed by atoms with E-state index < -0.39 is 0 Å². The number of H-pyrrole nitrogens is 1. The summed E-state index contributed by atoms with van der Waals surface area (Å²) in [6.07, 6.45) is 1.71. The highest BCUT2D eigenvalue weighted by Gasteiger charge is 2.19. The van der Waals surface area contributed by atoms with Crippen molar-refractivity contribution in [3.63, 3.8) is 0 Å². The molecule has 8 heteroatoms. The molecule has 1 fully saturated rings. The molecule has 158 valence electrons. The van der Waals surface area contributed by atoms with Crippen molar-refractivity contribution in [1.82, 2.24) is 19.9 Å². The molecule has 1 amide bonds. The number of aromatic amines is 1. The quantitative estimate of drug-likeness (QED) is 0.678. The lowest BCUT2D eigenvalue weighted by atomic mass is 10.1. The molecule has 0 unspecified atom stereocenters. The van der Waals surface area contributed by atoms with Crippen LogP contribution in [0.5, 0.6) is 0 Å². The highest BCUT2D eigenvalue weighted by atomic mass is 16.2. The van der Waals surface area contributed by atoms with Gasteiger partial charge in [0.1, 0.15) is 11.8 Å². The maximum absolute atomic E-state index is 11.5. The van der Waals surface area contributed by atoms with Crippen molar-refractivity contribution in [2.24, 2.45) is 0 Å². The smallest absolute Gasteiger partial charge is 0.227 e. The highest BCUT2D eigenvalue weighted by molar-refractivity contribution is 5.74. The Hall–Kier alpha value is -3.86. The fourth-order valence-corrected chi connectivity index (χ4v) is 3.97. The van der Waals surface area contributed by atoms with E-state index in [-0.39, 0.29) is 5.91 Å². The SMILES string of the molecule is CC(=O)N1CCN(c2ccc(Nc3nccc(-c4c(C)[nH]c(C#N)c4C)n3)cc2)CC1. The normalized spacial score (nSPS) is 13.7. The first-order chi connectivity index (χ1) is 15.0. The zero-order valence-corrected chi connectivity index (χ0v) is 17.9. The number of nitrogens with zero attached hydrogens (tertiary/aromatic N) is 5. The first-order valence-corrected chi connectivity index (χ1v) is 10.3. The fraction of sp³-hybridized carbons (Fsp3) is 0.304. The van der Waals surface area contributed by atoms with Crippen LogP contribution < -0.4 is 10.2 Å².